The Labute approximate surface area is 174 Å². The molecule has 0 aliphatic carbocycles. The van der Waals surface area contributed by atoms with Crippen LogP contribution in [0.5, 0.6) is 0 Å². The molecule has 0 aliphatic heterocycles. The van der Waals surface area contributed by atoms with E-state index in [1.165, 1.54) is 9.58 Å². The Hall–Kier alpha value is -3.55. The van der Waals surface area contributed by atoms with Crippen LogP contribution in [0.1, 0.15) is 29.3 Å². The summed E-state index contributed by atoms with van der Waals surface area (Å²) in [6.07, 6.45) is 0.151. The molecule has 8 heteroatoms. The van der Waals surface area contributed by atoms with Crippen LogP contribution in [0.25, 0.3) is 10.9 Å². The highest BCUT2D eigenvalue weighted by molar-refractivity contribution is 5.93. The van der Waals surface area contributed by atoms with E-state index in [1.807, 2.05) is 19.1 Å². The first kappa shape index (κ1) is 21.2. The molecule has 0 bridgehead atoms. The molecular formula is C22H25N5O3. The molecule has 0 radical (unpaired) electrons. The molecule has 1 aromatic heterocycles. The molecule has 30 heavy (non-hydrogen) atoms. The van der Waals surface area contributed by atoms with Crippen molar-refractivity contribution < 1.29 is 9.59 Å². The van der Waals surface area contributed by atoms with E-state index in [0.717, 1.165) is 5.56 Å². The zero-order valence-corrected chi connectivity index (χ0v) is 17.4. The van der Waals surface area contributed by atoms with Crippen molar-refractivity contribution in [2.45, 2.75) is 26.4 Å². The van der Waals surface area contributed by atoms with E-state index in [4.69, 9.17) is 0 Å². The first-order valence-electron chi connectivity index (χ1n) is 9.81. The molecule has 3 rings (SSSR count). The van der Waals surface area contributed by atoms with Gasteiger partial charge in [0.2, 0.25) is 5.91 Å². The Balaban J connectivity index is 1.65. The van der Waals surface area contributed by atoms with Crippen LogP contribution in [-0.2, 0) is 17.9 Å². The third-order valence-corrected chi connectivity index (χ3v) is 4.88. The quantitative estimate of drug-likeness (QED) is 0.597. The Morgan fingerprint density at radius 1 is 1.03 bits per heavy atom. The van der Waals surface area contributed by atoms with Gasteiger partial charge in [0.25, 0.3) is 11.5 Å². The largest absolute Gasteiger partial charge is 0.345 e. The number of carbonyl (C=O) groups is 2. The van der Waals surface area contributed by atoms with Crippen molar-refractivity contribution in [1.29, 1.82) is 0 Å². The lowest BCUT2D eigenvalue weighted by atomic mass is 10.1. The lowest BCUT2D eigenvalue weighted by molar-refractivity contribution is -0.131. The summed E-state index contributed by atoms with van der Waals surface area (Å²) in [4.78, 5) is 40.4. The number of carbonyl (C=O) groups excluding carboxylic acids is 2. The number of hydrogen-bond donors (Lipinski definition) is 0. The second-order valence-electron chi connectivity index (χ2n) is 7.19. The van der Waals surface area contributed by atoms with Crippen molar-refractivity contribution >= 4 is 22.7 Å². The summed E-state index contributed by atoms with van der Waals surface area (Å²) in [5.74, 6) is -0.139. The summed E-state index contributed by atoms with van der Waals surface area (Å²) in [5.41, 5.74) is 1.82. The van der Waals surface area contributed by atoms with E-state index < -0.39 is 0 Å². The van der Waals surface area contributed by atoms with Gasteiger partial charge < -0.3 is 9.80 Å². The SMILES string of the molecule is CCN(Cc1ccc(C(=O)N(C)C)cc1)C(=O)CCn1nnc2ccccc2c1=O. The van der Waals surface area contributed by atoms with Crippen LogP contribution in [0.4, 0.5) is 0 Å². The average Bonchev–Trinajstić information content (AvgIpc) is 2.76. The summed E-state index contributed by atoms with van der Waals surface area (Å²) in [7, 11) is 3.41. The highest BCUT2D eigenvalue weighted by atomic mass is 16.2. The molecule has 2 amide bonds. The smallest absolute Gasteiger partial charge is 0.277 e. The molecular weight excluding hydrogens is 382 g/mol. The van der Waals surface area contributed by atoms with Crippen LogP contribution in [0, 0.1) is 0 Å². The van der Waals surface area contributed by atoms with Gasteiger partial charge in [-0.1, -0.05) is 29.5 Å². The summed E-state index contributed by atoms with van der Waals surface area (Å²) in [5, 5.41) is 8.47. The maximum Gasteiger partial charge on any atom is 0.277 e. The van der Waals surface area contributed by atoms with Gasteiger partial charge in [-0.05, 0) is 36.8 Å². The van der Waals surface area contributed by atoms with Crippen LogP contribution in [0.15, 0.2) is 53.3 Å². The van der Waals surface area contributed by atoms with E-state index in [0.29, 0.717) is 29.6 Å². The molecule has 1 heterocycles. The first-order chi connectivity index (χ1) is 14.4. The fraction of sp³-hybridized carbons (Fsp3) is 0.318. The van der Waals surface area contributed by atoms with Crippen molar-refractivity contribution in [1.82, 2.24) is 24.8 Å². The minimum absolute atomic E-state index is 0.0630. The van der Waals surface area contributed by atoms with Crippen LogP contribution < -0.4 is 5.56 Å². The summed E-state index contributed by atoms with van der Waals surface area (Å²) < 4.78 is 1.23. The monoisotopic (exact) mass is 407 g/mol. The van der Waals surface area contributed by atoms with Gasteiger partial charge in [0, 0.05) is 39.2 Å². The van der Waals surface area contributed by atoms with Crippen molar-refractivity contribution in [3.8, 4) is 0 Å². The molecule has 0 spiro atoms. The average molecular weight is 407 g/mol. The zero-order chi connectivity index (χ0) is 21.7. The molecule has 0 unspecified atom stereocenters. The maximum atomic E-state index is 12.7. The summed E-state index contributed by atoms with van der Waals surface area (Å²) in [6, 6.07) is 14.2. The lowest BCUT2D eigenvalue weighted by Crippen LogP contribution is -2.33. The van der Waals surface area contributed by atoms with E-state index in [1.54, 1.807) is 55.4 Å². The van der Waals surface area contributed by atoms with Gasteiger partial charge in [-0.25, -0.2) is 4.68 Å². The Kier molecular flexibility index (Phi) is 6.56. The number of nitrogens with zero attached hydrogens (tertiary/aromatic N) is 5. The van der Waals surface area contributed by atoms with Gasteiger partial charge in [0.1, 0.15) is 5.52 Å². The van der Waals surface area contributed by atoms with Gasteiger partial charge in [-0.3, -0.25) is 14.4 Å². The molecule has 2 aromatic carbocycles. The highest BCUT2D eigenvalue weighted by Crippen LogP contribution is 2.10. The van der Waals surface area contributed by atoms with E-state index in [9.17, 15) is 14.4 Å². The lowest BCUT2D eigenvalue weighted by Gasteiger charge is -2.21. The predicted octanol–water partition coefficient (Wildman–Crippen LogP) is 1.93. The van der Waals surface area contributed by atoms with E-state index in [-0.39, 0.29) is 30.3 Å². The van der Waals surface area contributed by atoms with Crippen molar-refractivity contribution in [2.24, 2.45) is 0 Å². The van der Waals surface area contributed by atoms with Crippen LogP contribution >= 0.6 is 0 Å². The standard InChI is InChI=1S/C22H25N5O3/c1-4-26(15-16-9-11-17(12-10-16)21(29)25(2)3)20(28)13-14-27-22(30)18-7-5-6-8-19(18)23-24-27/h5-12H,4,13-15H2,1-3H3. The van der Waals surface area contributed by atoms with Gasteiger partial charge >= 0.3 is 0 Å². The second-order valence-corrected chi connectivity index (χ2v) is 7.19. The molecule has 0 N–H and O–H groups in total. The number of aromatic nitrogens is 3. The normalized spacial score (nSPS) is 10.8. The van der Waals surface area contributed by atoms with Crippen molar-refractivity contribution in [3.05, 3.63) is 70.0 Å². The molecule has 0 fully saturated rings. The minimum atomic E-state index is -0.252. The third-order valence-electron chi connectivity index (χ3n) is 4.88. The number of benzene rings is 2. The Morgan fingerprint density at radius 3 is 2.40 bits per heavy atom. The van der Waals surface area contributed by atoms with E-state index >= 15 is 0 Å². The van der Waals surface area contributed by atoms with Gasteiger partial charge in [0.05, 0.1) is 11.9 Å². The molecule has 8 nitrogen and oxygen atoms in total. The molecule has 156 valence electrons. The maximum absolute atomic E-state index is 12.7. The molecule has 0 atom stereocenters. The van der Waals surface area contributed by atoms with Crippen LogP contribution in [0.2, 0.25) is 0 Å². The van der Waals surface area contributed by atoms with Crippen molar-refractivity contribution in [3.63, 3.8) is 0 Å². The fourth-order valence-corrected chi connectivity index (χ4v) is 3.14. The molecule has 0 saturated carbocycles. The van der Waals surface area contributed by atoms with Crippen molar-refractivity contribution in [2.75, 3.05) is 20.6 Å². The Bertz CT molecular complexity index is 1110. The summed E-state index contributed by atoms with van der Waals surface area (Å²) in [6.45, 7) is 3.05. The molecule has 0 saturated heterocycles. The highest BCUT2D eigenvalue weighted by Gasteiger charge is 2.15. The summed E-state index contributed by atoms with van der Waals surface area (Å²) >= 11 is 0. The second kappa shape index (κ2) is 9.30. The number of rotatable bonds is 7. The third kappa shape index (κ3) is 4.71. The number of hydrogen-bond acceptors (Lipinski definition) is 5. The molecule has 3 aromatic rings. The van der Waals surface area contributed by atoms with Gasteiger partial charge in [-0.15, -0.1) is 5.10 Å². The van der Waals surface area contributed by atoms with Crippen LogP contribution in [-0.4, -0.2) is 57.2 Å². The number of aryl methyl sites for hydroxylation is 1. The van der Waals surface area contributed by atoms with E-state index in [2.05, 4.69) is 10.3 Å². The fourth-order valence-electron chi connectivity index (χ4n) is 3.14. The van der Waals surface area contributed by atoms with Crippen LogP contribution in [0.3, 0.4) is 0 Å². The minimum Gasteiger partial charge on any atom is -0.345 e. The van der Waals surface area contributed by atoms with Gasteiger partial charge in [-0.2, -0.15) is 0 Å². The first-order valence-corrected chi connectivity index (χ1v) is 9.81. The Morgan fingerprint density at radius 2 is 1.73 bits per heavy atom. The topological polar surface area (TPSA) is 88.4 Å². The molecule has 0 aliphatic rings. The zero-order valence-electron chi connectivity index (χ0n) is 17.4. The van der Waals surface area contributed by atoms with Gasteiger partial charge in [0.15, 0.2) is 0 Å². The predicted molar refractivity (Wildman–Crippen MR) is 114 cm³/mol. The number of fused-ring (bicyclic) bond motifs is 1. The number of amides is 2.